The molecule has 1 aliphatic heterocycles. The van der Waals surface area contributed by atoms with E-state index >= 15 is 0 Å². The topological polar surface area (TPSA) is 67.1 Å². The van der Waals surface area contributed by atoms with Gasteiger partial charge in [0, 0.05) is 37.3 Å². The third kappa shape index (κ3) is 5.56. The molecule has 1 aromatic heterocycles. The Bertz CT molecular complexity index is 618. The van der Waals surface area contributed by atoms with Gasteiger partial charge in [0.2, 0.25) is 0 Å². The number of nitrogens with zero attached hydrogens (tertiary/aromatic N) is 4. The molecule has 1 aliphatic carbocycles. The lowest BCUT2D eigenvalue weighted by Gasteiger charge is -2.24. The van der Waals surface area contributed by atoms with E-state index in [2.05, 4.69) is 55.3 Å². The van der Waals surface area contributed by atoms with Gasteiger partial charge in [0.05, 0.1) is 0 Å². The predicted octanol–water partition coefficient (Wildman–Crippen LogP) is 3.50. The Balaban J connectivity index is 1.44. The van der Waals surface area contributed by atoms with Crippen LogP contribution in [0.3, 0.4) is 0 Å². The maximum Gasteiger partial charge on any atom is 0.191 e. The van der Waals surface area contributed by atoms with Crippen molar-refractivity contribution in [2.75, 3.05) is 32.1 Å². The second kappa shape index (κ2) is 10.0. The van der Waals surface area contributed by atoms with E-state index in [0.717, 1.165) is 42.9 Å². The fourth-order valence-corrected chi connectivity index (χ4v) is 5.89. The van der Waals surface area contributed by atoms with Gasteiger partial charge in [-0.1, -0.05) is 24.6 Å². The average molecular weight is 411 g/mol. The van der Waals surface area contributed by atoms with Gasteiger partial charge in [-0.15, -0.1) is 10.2 Å². The molecule has 2 fully saturated rings. The van der Waals surface area contributed by atoms with Gasteiger partial charge in [0.25, 0.3) is 0 Å². The summed E-state index contributed by atoms with van der Waals surface area (Å²) in [6.45, 7) is 4.23. The first-order valence-electron chi connectivity index (χ1n) is 10.2. The van der Waals surface area contributed by atoms with E-state index in [1.165, 1.54) is 44.3 Å². The van der Waals surface area contributed by atoms with Crippen molar-refractivity contribution in [3.8, 4) is 0 Å². The van der Waals surface area contributed by atoms with Gasteiger partial charge in [-0.3, -0.25) is 4.99 Å². The van der Waals surface area contributed by atoms with E-state index in [4.69, 9.17) is 0 Å². The monoisotopic (exact) mass is 410 g/mol. The molecule has 2 N–H and O–H groups in total. The summed E-state index contributed by atoms with van der Waals surface area (Å²) in [6.07, 6.45) is 11.9. The summed E-state index contributed by atoms with van der Waals surface area (Å²) in [7, 11) is 1.85. The summed E-state index contributed by atoms with van der Waals surface area (Å²) < 4.78 is 2.76. The Kier molecular flexibility index (Phi) is 7.75. The van der Waals surface area contributed by atoms with E-state index < -0.39 is 0 Å². The number of aryl methyl sites for hydroxylation is 1. The number of hydrogen-bond acceptors (Lipinski definition) is 5. The molecule has 0 spiro atoms. The van der Waals surface area contributed by atoms with Crippen molar-refractivity contribution in [1.82, 2.24) is 25.4 Å². The van der Waals surface area contributed by atoms with Crippen LogP contribution in [-0.4, -0.2) is 57.6 Å². The molecule has 1 atom stereocenters. The van der Waals surface area contributed by atoms with Crippen molar-refractivity contribution in [3.63, 3.8) is 0 Å². The van der Waals surface area contributed by atoms with E-state index in [1.807, 2.05) is 7.05 Å². The number of nitrogens with one attached hydrogen (secondary N) is 2. The number of aromatic nitrogens is 3. The van der Waals surface area contributed by atoms with E-state index in [9.17, 15) is 0 Å². The van der Waals surface area contributed by atoms with Gasteiger partial charge < -0.3 is 15.2 Å². The number of thioether (sulfide) groups is 2. The van der Waals surface area contributed by atoms with E-state index in [-0.39, 0.29) is 0 Å². The molecule has 0 radical (unpaired) electrons. The van der Waals surface area contributed by atoms with Crippen LogP contribution in [0.25, 0.3) is 0 Å². The highest BCUT2D eigenvalue weighted by molar-refractivity contribution is 8.00. The maximum atomic E-state index is 4.48. The number of rotatable bonds is 8. The first-order chi connectivity index (χ1) is 13.1. The van der Waals surface area contributed by atoms with Gasteiger partial charge in [-0.25, -0.2) is 0 Å². The van der Waals surface area contributed by atoms with Gasteiger partial charge in [0.1, 0.15) is 5.82 Å². The molecule has 1 saturated heterocycles. The zero-order chi connectivity index (χ0) is 19.1. The minimum Gasteiger partial charge on any atom is -0.356 e. The summed E-state index contributed by atoms with van der Waals surface area (Å²) in [6, 6.07) is 0.601. The van der Waals surface area contributed by atoms with Gasteiger partial charge in [-0.05, 0) is 51.0 Å². The van der Waals surface area contributed by atoms with Crippen LogP contribution in [0.1, 0.15) is 63.7 Å². The molecule has 6 nitrogen and oxygen atoms in total. The van der Waals surface area contributed by atoms with Crippen molar-refractivity contribution in [1.29, 1.82) is 0 Å². The summed E-state index contributed by atoms with van der Waals surface area (Å²) in [4.78, 5) is 4.37. The Morgan fingerprint density at radius 3 is 2.78 bits per heavy atom. The van der Waals surface area contributed by atoms with Crippen molar-refractivity contribution >= 4 is 29.5 Å². The fourth-order valence-electron chi connectivity index (χ4n) is 4.07. The summed E-state index contributed by atoms with van der Waals surface area (Å²) in [5.74, 6) is 3.33. The Morgan fingerprint density at radius 2 is 2.11 bits per heavy atom. The minimum absolute atomic E-state index is 0.351. The summed E-state index contributed by atoms with van der Waals surface area (Å²) >= 11 is 3.79. The molecular formula is C19H34N6S2. The van der Waals surface area contributed by atoms with Crippen molar-refractivity contribution < 1.29 is 0 Å². The molecule has 2 aliphatic rings. The second-order valence-corrected chi connectivity index (χ2v) is 10.2. The predicted molar refractivity (Wildman–Crippen MR) is 117 cm³/mol. The molecule has 152 valence electrons. The van der Waals surface area contributed by atoms with Crippen LogP contribution in [0.4, 0.5) is 0 Å². The standard InChI is InChI=1S/C19H34N6S2/c1-19(11-7-13-27-19)14-22-17(20-2)21-12-6-10-16-23-24-18(26-3)25(16)15-8-4-5-9-15/h15H,4-14H2,1-3H3,(H2,20,21,22). The first kappa shape index (κ1) is 20.8. The largest absolute Gasteiger partial charge is 0.356 e. The van der Waals surface area contributed by atoms with Crippen LogP contribution in [0, 0.1) is 0 Å². The molecule has 27 heavy (non-hydrogen) atoms. The van der Waals surface area contributed by atoms with Gasteiger partial charge >= 0.3 is 0 Å². The molecule has 1 saturated carbocycles. The average Bonchev–Trinajstić information content (AvgIpc) is 3.41. The summed E-state index contributed by atoms with van der Waals surface area (Å²) in [5, 5.41) is 16.9. The fraction of sp³-hybridized carbons (Fsp3) is 0.842. The van der Waals surface area contributed by atoms with Gasteiger partial charge in [0.15, 0.2) is 11.1 Å². The van der Waals surface area contributed by atoms with Gasteiger partial charge in [-0.2, -0.15) is 11.8 Å². The molecule has 3 rings (SSSR count). The maximum absolute atomic E-state index is 4.48. The Morgan fingerprint density at radius 1 is 1.30 bits per heavy atom. The van der Waals surface area contributed by atoms with Crippen LogP contribution < -0.4 is 10.6 Å². The molecular weight excluding hydrogens is 376 g/mol. The zero-order valence-corrected chi connectivity index (χ0v) is 18.6. The van der Waals surface area contributed by atoms with Crippen LogP contribution in [0.15, 0.2) is 10.1 Å². The van der Waals surface area contributed by atoms with Crippen LogP contribution in [0.2, 0.25) is 0 Å². The van der Waals surface area contributed by atoms with E-state index in [1.54, 1.807) is 11.8 Å². The smallest absolute Gasteiger partial charge is 0.191 e. The number of aliphatic imine (C=N–C) groups is 1. The Hall–Kier alpha value is -0.890. The molecule has 0 amide bonds. The molecule has 0 aromatic carbocycles. The van der Waals surface area contributed by atoms with Crippen molar-refractivity contribution in [2.24, 2.45) is 4.99 Å². The molecule has 1 aromatic rings. The van der Waals surface area contributed by atoms with Crippen molar-refractivity contribution in [2.45, 2.75) is 74.2 Å². The second-order valence-electron chi connectivity index (χ2n) is 7.77. The van der Waals surface area contributed by atoms with Crippen LogP contribution in [0.5, 0.6) is 0 Å². The molecule has 1 unspecified atom stereocenters. The third-order valence-corrected chi connectivity index (χ3v) is 7.81. The summed E-state index contributed by atoms with van der Waals surface area (Å²) in [5.41, 5.74) is 0. The zero-order valence-electron chi connectivity index (χ0n) is 17.0. The highest BCUT2D eigenvalue weighted by Gasteiger charge is 2.29. The highest BCUT2D eigenvalue weighted by atomic mass is 32.2. The highest BCUT2D eigenvalue weighted by Crippen LogP contribution is 2.37. The van der Waals surface area contributed by atoms with Crippen LogP contribution >= 0.6 is 23.5 Å². The lowest BCUT2D eigenvalue weighted by molar-refractivity contribution is 0.460. The first-order valence-corrected chi connectivity index (χ1v) is 12.4. The number of guanidine groups is 1. The normalized spacial score (nSPS) is 23.9. The third-order valence-electron chi connectivity index (χ3n) is 5.63. The van der Waals surface area contributed by atoms with Crippen LogP contribution in [-0.2, 0) is 6.42 Å². The minimum atomic E-state index is 0.351. The number of hydrogen-bond donors (Lipinski definition) is 2. The Labute approximate surface area is 172 Å². The lowest BCUT2D eigenvalue weighted by Crippen LogP contribution is -2.43. The molecule has 2 heterocycles. The molecule has 8 heteroatoms. The lowest BCUT2D eigenvalue weighted by atomic mass is 10.1. The molecule has 0 bridgehead atoms. The SMILES string of the molecule is CN=C(NCCCc1nnc(SC)n1C1CCCC1)NCC1(C)CCCS1. The quantitative estimate of drug-likeness (QED) is 0.296. The van der Waals surface area contributed by atoms with Crippen molar-refractivity contribution in [3.05, 3.63) is 5.82 Å². The van der Waals surface area contributed by atoms with E-state index in [0.29, 0.717) is 10.8 Å².